The molecule has 2 aromatic heterocycles. The molecule has 0 spiro atoms. The zero-order valence-electron chi connectivity index (χ0n) is 16.7. The van der Waals surface area contributed by atoms with Crippen LogP contribution in [0.5, 0.6) is 0 Å². The smallest absolute Gasteiger partial charge is 0.0759 e. The van der Waals surface area contributed by atoms with Gasteiger partial charge in [0.25, 0.3) is 0 Å². The molecule has 27 heavy (non-hydrogen) atoms. The lowest BCUT2D eigenvalue weighted by molar-refractivity contribution is 0.326. The number of hydrogen-bond donors (Lipinski definition) is 0. The normalized spacial score (nSPS) is 16.6. The lowest BCUT2D eigenvalue weighted by Crippen LogP contribution is -2.29. The maximum atomic E-state index is 4.62. The molecule has 3 nitrogen and oxygen atoms in total. The Morgan fingerprint density at radius 1 is 1.30 bits per heavy atom. The molecule has 144 valence electrons. The number of piperidine rings is 1. The van der Waals surface area contributed by atoms with Crippen LogP contribution in [0, 0.1) is 0 Å². The molecule has 1 aliphatic rings. The topological polar surface area (TPSA) is 21.1 Å². The van der Waals surface area contributed by atoms with E-state index in [4.69, 9.17) is 0 Å². The van der Waals surface area contributed by atoms with Crippen LogP contribution in [-0.2, 0) is 6.54 Å². The number of aromatic nitrogens is 2. The Morgan fingerprint density at radius 2 is 2.11 bits per heavy atom. The third kappa shape index (κ3) is 5.01. The molecule has 0 aromatic carbocycles. The van der Waals surface area contributed by atoms with Crippen LogP contribution in [0.2, 0.25) is 0 Å². The molecule has 3 rings (SSSR count). The van der Waals surface area contributed by atoms with E-state index < -0.39 is 0 Å². The summed E-state index contributed by atoms with van der Waals surface area (Å²) in [6, 6.07) is 2.29. The van der Waals surface area contributed by atoms with E-state index in [9.17, 15) is 0 Å². The van der Waals surface area contributed by atoms with E-state index in [2.05, 4.69) is 70.9 Å². The molecule has 0 radical (unpaired) electrons. The highest BCUT2D eigenvalue weighted by molar-refractivity contribution is 7.10. The van der Waals surface area contributed by atoms with Crippen molar-refractivity contribution in [2.24, 2.45) is 0 Å². The predicted octanol–water partition coefficient (Wildman–Crippen LogP) is 4.39. The van der Waals surface area contributed by atoms with Crippen molar-refractivity contribution in [3.8, 4) is 0 Å². The van der Waals surface area contributed by atoms with Gasteiger partial charge < -0.3 is 4.90 Å². The van der Waals surface area contributed by atoms with Crippen LogP contribution >= 0.6 is 11.3 Å². The Hall–Kier alpha value is -2.07. The maximum absolute atomic E-state index is 4.62. The lowest BCUT2D eigenvalue weighted by atomic mass is 10.1. The second kappa shape index (κ2) is 9.75. The molecule has 0 aliphatic carbocycles. The van der Waals surface area contributed by atoms with E-state index in [1.807, 2.05) is 6.20 Å². The first-order chi connectivity index (χ1) is 13.2. The van der Waals surface area contributed by atoms with Gasteiger partial charge in [-0.3, -0.25) is 4.68 Å². The van der Waals surface area contributed by atoms with Gasteiger partial charge in [0.2, 0.25) is 0 Å². The minimum Gasteiger partial charge on any atom is -0.372 e. The van der Waals surface area contributed by atoms with Gasteiger partial charge in [-0.25, -0.2) is 0 Å². The van der Waals surface area contributed by atoms with Crippen LogP contribution in [0.15, 0.2) is 36.4 Å². The number of hydrogen-bond acceptors (Lipinski definition) is 3. The molecule has 0 bridgehead atoms. The minimum absolute atomic E-state index is 0.805. The first kappa shape index (κ1) is 19.7. The fourth-order valence-electron chi connectivity index (χ4n) is 3.47. The molecule has 0 atom stereocenters. The Morgan fingerprint density at radius 3 is 2.85 bits per heavy atom. The third-order valence-corrected chi connectivity index (χ3v) is 6.02. The maximum Gasteiger partial charge on any atom is 0.0759 e. The van der Waals surface area contributed by atoms with Crippen molar-refractivity contribution in [3.05, 3.63) is 57.4 Å². The van der Waals surface area contributed by atoms with E-state index >= 15 is 0 Å². The molecule has 1 saturated heterocycles. The lowest BCUT2D eigenvalue weighted by Gasteiger charge is -2.30. The van der Waals surface area contributed by atoms with E-state index in [0.717, 1.165) is 26.1 Å². The molecule has 1 fully saturated rings. The van der Waals surface area contributed by atoms with Crippen molar-refractivity contribution < 1.29 is 0 Å². The largest absolute Gasteiger partial charge is 0.372 e. The summed E-state index contributed by atoms with van der Waals surface area (Å²) in [4.78, 5) is 3.76. The second-order valence-electron chi connectivity index (χ2n) is 7.11. The van der Waals surface area contributed by atoms with Crippen molar-refractivity contribution >= 4 is 29.2 Å². The van der Waals surface area contributed by atoms with Crippen molar-refractivity contribution in [1.82, 2.24) is 14.7 Å². The number of thiophene rings is 1. The standard InChI is InChI=1S/C23H31N3S/c1-4-6-7-9-12-23-20(5-2)16-24-26(23)17-22-15-21(18-27-22)19(3)25-13-10-8-11-14-25/h5,7,9,12,15-16,18H,3-4,6,8,10-11,13-14,17H2,1-2H3/b9-7-,20-5-,23-12+. The number of rotatable bonds is 7. The van der Waals surface area contributed by atoms with Crippen molar-refractivity contribution in [1.29, 1.82) is 0 Å². The van der Waals surface area contributed by atoms with Gasteiger partial charge in [-0.1, -0.05) is 38.2 Å². The average molecular weight is 382 g/mol. The van der Waals surface area contributed by atoms with Crippen LogP contribution in [0.25, 0.3) is 17.8 Å². The molecule has 1 aliphatic heterocycles. The summed E-state index contributed by atoms with van der Waals surface area (Å²) in [5, 5.41) is 9.22. The van der Waals surface area contributed by atoms with E-state index in [-0.39, 0.29) is 0 Å². The first-order valence-corrected chi connectivity index (χ1v) is 11.0. The summed E-state index contributed by atoms with van der Waals surface area (Å²) in [5.41, 5.74) is 2.44. The van der Waals surface area contributed by atoms with Crippen LogP contribution in [0.4, 0.5) is 0 Å². The van der Waals surface area contributed by atoms with E-state index in [1.165, 1.54) is 52.4 Å². The fraction of sp³-hybridized carbons (Fsp3) is 0.435. The molecule has 3 heterocycles. The molecule has 0 amide bonds. The first-order valence-electron chi connectivity index (χ1n) is 10.1. The third-order valence-electron chi connectivity index (χ3n) is 5.10. The van der Waals surface area contributed by atoms with Crippen molar-refractivity contribution in [2.45, 2.75) is 52.5 Å². The SMILES string of the molecule is C=C(c1csc(Cn2ncc(=C/C)/c2=C\C=C/CCC)c1)N1CCCCC1. The zero-order chi connectivity index (χ0) is 19.1. The Bertz CT molecular complexity index is 894. The zero-order valence-corrected chi connectivity index (χ0v) is 17.5. The molecule has 0 saturated carbocycles. The van der Waals surface area contributed by atoms with Gasteiger partial charge in [0, 0.05) is 39.8 Å². The van der Waals surface area contributed by atoms with E-state index in [1.54, 1.807) is 11.3 Å². The highest BCUT2D eigenvalue weighted by Crippen LogP contribution is 2.26. The molecule has 0 N–H and O–H groups in total. The van der Waals surface area contributed by atoms with E-state index in [0.29, 0.717) is 0 Å². The molecular weight excluding hydrogens is 350 g/mol. The Balaban J connectivity index is 1.77. The average Bonchev–Trinajstić information content (AvgIpc) is 3.33. The quantitative estimate of drug-likeness (QED) is 0.709. The van der Waals surface area contributed by atoms with Crippen molar-refractivity contribution in [3.63, 3.8) is 0 Å². The Kier molecular flexibility index (Phi) is 7.11. The predicted molar refractivity (Wildman–Crippen MR) is 118 cm³/mol. The molecule has 4 heteroatoms. The second-order valence-corrected chi connectivity index (χ2v) is 8.11. The number of nitrogens with zero attached hydrogens (tertiary/aromatic N) is 3. The Labute approximate surface area is 167 Å². The summed E-state index contributed by atoms with van der Waals surface area (Å²) >= 11 is 1.80. The highest BCUT2D eigenvalue weighted by atomic mass is 32.1. The number of unbranched alkanes of at least 4 members (excludes halogenated alkanes) is 1. The molecule has 0 unspecified atom stereocenters. The molecular formula is C23H31N3S. The highest BCUT2D eigenvalue weighted by Gasteiger charge is 2.14. The summed E-state index contributed by atoms with van der Waals surface area (Å²) in [7, 11) is 0. The van der Waals surface area contributed by atoms with Gasteiger partial charge in [0.1, 0.15) is 0 Å². The minimum atomic E-state index is 0.805. The van der Waals surface area contributed by atoms with Crippen LogP contribution in [0.1, 0.15) is 56.4 Å². The summed E-state index contributed by atoms with van der Waals surface area (Å²) in [6.45, 7) is 11.7. The fourth-order valence-corrected chi connectivity index (χ4v) is 4.35. The van der Waals surface area contributed by atoms with Crippen LogP contribution < -0.4 is 10.6 Å². The van der Waals surface area contributed by atoms with Gasteiger partial charge in [0.05, 0.1) is 18.1 Å². The van der Waals surface area contributed by atoms with Crippen LogP contribution in [0.3, 0.4) is 0 Å². The number of likely N-dealkylation sites (tertiary alicyclic amines) is 1. The van der Waals surface area contributed by atoms with Crippen molar-refractivity contribution in [2.75, 3.05) is 13.1 Å². The number of allylic oxidation sites excluding steroid dienone is 2. The summed E-state index contributed by atoms with van der Waals surface area (Å²) in [6.07, 6.45) is 16.8. The van der Waals surface area contributed by atoms with Gasteiger partial charge >= 0.3 is 0 Å². The van der Waals surface area contributed by atoms with Gasteiger partial charge in [-0.2, -0.15) is 5.10 Å². The molecule has 2 aromatic rings. The summed E-state index contributed by atoms with van der Waals surface area (Å²) in [5.74, 6) is 0. The van der Waals surface area contributed by atoms with Gasteiger partial charge in [0.15, 0.2) is 0 Å². The monoisotopic (exact) mass is 381 g/mol. The van der Waals surface area contributed by atoms with Crippen LogP contribution in [-0.4, -0.2) is 27.8 Å². The van der Waals surface area contributed by atoms with Gasteiger partial charge in [-0.05, 0) is 44.7 Å². The van der Waals surface area contributed by atoms with Gasteiger partial charge in [-0.15, -0.1) is 11.3 Å². The summed E-state index contributed by atoms with van der Waals surface area (Å²) < 4.78 is 2.10.